The van der Waals surface area contributed by atoms with E-state index in [0.29, 0.717) is 0 Å². The van der Waals surface area contributed by atoms with E-state index in [1.807, 2.05) is 0 Å². The fraction of sp³-hybridized carbons (Fsp3) is 0.300. The highest BCUT2D eigenvalue weighted by Crippen LogP contribution is 2.25. The first-order valence-corrected chi connectivity index (χ1v) is 4.73. The topological polar surface area (TPSA) is 72.3 Å². The number of anilines is 2. The van der Waals surface area contributed by atoms with E-state index in [-0.39, 0.29) is 24.5 Å². The minimum absolute atomic E-state index is 0.00567. The molecule has 4 nitrogen and oxygen atoms in total. The number of nitrogen functional groups attached to an aromatic ring is 1. The fourth-order valence-electron chi connectivity index (χ4n) is 1.42. The second-order valence-electron chi connectivity index (χ2n) is 3.31. The van der Waals surface area contributed by atoms with Gasteiger partial charge in [-0.1, -0.05) is 0 Å². The lowest BCUT2D eigenvalue weighted by Crippen LogP contribution is -2.34. The van der Waals surface area contributed by atoms with E-state index >= 15 is 0 Å². The second kappa shape index (κ2) is 4.78. The number of rotatable bonds is 4. The van der Waals surface area contributed by atoms with Crippen molar-refractivity contribution in [2.75, 3.05) is 23.7 Å². The highest BCUT2D eigenvalue weighted by Gasteiger charge is 2.17. The molecular weight excluding hydrogens is 216 g/mol. The molecule has 6 heteroatoms. The maximum absolute atomic E-state index is 13.5. The van der Waals surface area contributed by atoms with Crippen molar-refractivity contribution in [3.05, 3.63) is 23.8 Å². The third-order valence-electron chi connectivity index (χ3n) is 2.08. The van der Waals surface area contributed by atoms with Gasteiger partial charge in [0.1, 0.15) is 5.69 Å². The van der Waals surface area contributed by atoms with Crippen LogP contribution in [0.2, 0.25) is 0 Å². The van der Waals surface area contributed by atoms with E-state index in [4.69, 9.17) is 11.5 Å². The summed E-state index contributed by atoms with van der Waals surface area (Å²) in [5, 5.41) is 0. The predicted octanol–water partition coefficient (Wildman–Crippen LogP) is 0.859. The lowest BCUT2D eigenvalue weighted by atomic mass is 10.2. The van der Waals surface area contributed by atoms with Crippen LogP contribution in [0, 0.1) is 11.6 Å². The summed E-state index contributed by atoms with van der Waals surface area (Å²) in [4.78, 5) is 12.0. The summed E-state index contributed by atoms with van der Waals surface area (Å²) in [5.41, 5.74) is 9.98. The molecule has 0 aliphatic carbocycles. The third kappa shape index (κ3) is 2.59. The van der Waals surface area contributed by atoms with Crippen LogP contribution in [0.3, 0.4) is 0 Å². The second-order valence-corrected chi connectivity index (χ2v) is 3.31. The molecule has 0 heterocycles. The molecule has 1 aromatic carbocycles. The van der Waals surface area contributed by atoms with Crippen LogP contribution in [0.4, 0.5) is 20.2 Å². The lowest BCUT2D eigenvalue weighted by molar-refractivity contribution is -0.116. The Balaban J connectivity index is 3.14. The van der Waals surface area contributed by atoms with Gasteiger partial charge in [0.05, 0.1) is 6.54 Å². The number of nitrogens with two attached hydrogens (primary N) is 2. The Labute approximate surface area is 91.8 Å². The van der Waals surface area contributed by atoms with E-state index in [0.717, 1.165) is 12.1 Å². The van der Waals surface area contributed by atoms with Crippen molar-refractivity contribution in [1.29, 1.82) is 0 Å². The lowest BCUT2D eigenvalue weighted by Gasteiger charge is -2.22. The van der Waals surface area contributed by atoms with Crippen LogP contribution in [-0.2, 0) is 4.79 Å². The van der Waals surface area contributed by atoms with E-state index in [2.05, 4.69) is 0 Å². The SMILES string of the molecule is CCN(CC(N)=O)c1c(F)cc(N)cc1F. The maximum Gasteiger partial charge on any atom is 0.236 e. The Kier molecular flexibility index (Phi) is 3.65. The number of hydrogen-bond acceptors (Lipinski definition) is 3. The largest absolute Gasteiger partial charge is 0.399 e. The molecule has 0 bridgehead atoms. The summed E-state index contributed by atoms with van der Waals surface area (Å²) in [6, 6.07) is 2.00. The molecule has 0 fully saturated rings. The minimum atomic E-state index is -0.805. The van der Waals surface area contributed by atoms with Crippen LogP contribution in [0.5, 0.6) is 0 Å². The van der Waals surface area contributed by atoms with Crippen LogP contribution in [0.25, 0.3) is 0 Å². The molecule has 0 saturated heterocycles. The molecule has 0 radical (unpaired) electrons. The van der Waals surface area contributed by atoms with Gasteiger partial charge in [0, 0.05) is 12.2 Å². The van der Waals surface area contributed by atoms with Crippen molar-refractivity contribution in [3.8, 4) is 0 Å². The molecular formula is C10H13F2N3O. The van der Waals surface area contributed by atoms with Gasteiger partial charge in [0.25, 0.3) is 0 Å². The molecule has 0 aromatic heterocycles. The molecule has 0 saturated carbocycles. The van der Waals surface area contributed by atoms with Crippen LogP contribution >= 0.6 is 0 Å². The first kappa shape index (κ1) is 12.2. The molecule has 0 aliphatic heterocycles. The van der Waals surface area contributed by atoms with Crippen LogP contribution < -0.4 is 16.4 Å². The summed E-state index contributed by atoms with van der Waals surface area (Å²) < 4.78 is 27.0. The monoisotopic (exact) mass is 229 g/mol. The van der Waals surface area contributed by atoms with Gasteiger partial charge in [-0.25, -0.2) is 8.78 Å². The van der Waals surface area contributed by atoms with Gasteiger partial charge >= 0.3 is 0 Å². The Morgan fingerprint density at radius 2 is 1.88 bits per heavy atom. The van der Waals surface area contributed by atoms with Gasteiger partial charge in [-0.05, 0) is 19.1 Å². The molecule has 1 rings (SSSR count). The van der Waals surface area contributed by atoms with Crippen LogP contribution in [0.1, 0.15) is 6.92 Å². The number of carbonyl (C=O) groups excluding carboxylic acids is 1. The molecule has 88 valence electrons. The Bertz CT molecular complexity index is 386. The highest BCUT2D eigenvalue weighted by molar-refractivity contribution is 5.79. The van der Waals surface area contributed by atoms with Crippen molar-refractivity contribution in [1.82, 2.24) is 0 Å². The van der Waals surface area contributed by atoms with Crippen LogP contribution in [-0.4, -0.2) is 19.0 Å². The number of hydrogen-bond donors (Lipinski definition) is 2. The van der Waals surface area contributed by atoms with Crippen molar-refractivity contribution < 1.29 is 13.6 Å². The highest BCUT2D eigenvalue weighted by atomic mass is 19.1. The number of likely N-dealkylation sites (N-methyl/N-ethyl adjacent to an activating group) is 1. The molecule has 4 N–H and O–H groups in total. The first-order chi connectivity index (χ1) is 7.45. The number of amides is 1. The Hall–Kier alpha value is -1.85. The van der Waals surface area contributed by atoms with E-state index in [1.54, 1.807) is 6.92 Å². The summed E-state index contributed by atoms with van der Waals surface area (Å²) in [6.45, 7) is 1.69. The standard InChI is InChI=1S/C10H13F2N3O/c1-2-15(5-9(14)16)10-7(11)3-6(13)4-8(10)12/h3-4H,2,5,13H2,1H3,(H2,14,16). The Morgan fingerprint density at radius 3 is 2.25 bits per heavy atom. The summed E-state index contributed by atoms with van der Waals surface area (Å²) in [6.07, 6.45) is 0. The summed E-state index contributed by atoms with van der Waals surface area (Å²) in [5.74, 6) is -2.27. The first-order valence-electron chi connectivity index (χ1n) is 4.73. The van der Waals surface area contributed by atoms with Crippen molar-refractivity contribution in [2.24, 2.45) is 5.73 Å². The van der Waals surface area contributed by atoms with Crippen LogP contribution in [0.15, 0.2) is 12.1 Å². The molecule has 0 aliphatic rings. The molecule has 1 aromatic rings. The molecule has 16 heavy (non-hydrogen) atoms. The van der Waals surface area contributed by atoms with Gasteiger partial charge in [-0.15, -0.1) is 0 Å². The van der Waals surface area contributed by atoms with Gasteiger partial charge in [0.2, 0.25) is 5.91 Å². The molecule has 0 spiro atoms. The van der Waals surface area contributed by atoms with Crippen molar-refractivity contribution >= 4 is 17.3 Å². The number of primary amides is 1. The van der Waals surface area contributed by atoms with Gasteiger partial charge in [-0.3, -0.25) is 4.79 Å². The number of carbonyl (C=O) groups is 1. The summed E-state index contributed by atoms with van der Waals surface area (Å²) >= 11 is 0. The number of benzene rings is 1. The average Bonchev–Trinajstić information content (AvgIpc) is 2.13. The normalized spacial score (nSPS) is 10.2. The average molecular weight is 229 g/mol. The Morgan fingerprint density at radius 1 is 1.38 bits per heavy atom. The van der Waals surface area contributed by atoms with Crippen molar-refractivity contribution in [2.45, 2.75) is 6.92 Å². The zero-order chi connectivity index (χ0) is 12.3. The molecule has 1 amide bonds. The van der Waals surface area contributed by atoms with Gasteiger partial charge in [0.15, 0.2) is 11.6 Å². The molecule has 0 atom stereocenters. The maximum atomic E-state index is 13.5. The zero-order valence-electron chi connectivity index (χ0n) is 8.84. The quantitative estimate of drug-likeness (QED) is 0.752. The van der Waals surface area contributed by atoms with E-state index in [9.17, 15) is 13.6 Å². The van der Waals surface area contributed by atoms with Gasteiger partial charge < -0.3 is 16.4 Å². The van der Waals surface area contributed by atoms with Gasteiger partial charge in [-0.2, -0.15) is 0 Å². The predicted molar refractivity (Wildman–Crippen MR) is 57.9 cm³/mol. The molecule has 0 unspecified atom stereocenters. The number of nitrogens with zero attached hydrogens (tertiary/aromatic N) is 1. The number of halogens is 2. The van der Waals surface area contributed by atoms with E-state index < -0.39 is 17.5 Å². The zero-order valence-corrected chi connectivity index (χ0v) is 8.84. The third-order valence-corrected chi connectivity index (χ3v) is 2.08. The fourth-order valence-corrected chi connectivity index (χ4v) is 1.42. The minimum Gasteiger partial charge on any atom is -0.399 e. The van der Waals surface area contributed by atoms with E-state index in [1.165, 1.54) is 4.90 Å². The van der Waals surface area contributed by atoms with Crippen molar-refractivity contribution in [3.63, 3.8) is 0 Å². The smallest absolute Gasteiger partial charge is 0.236 e. The summed E-state index contributed by atoms with van der Waals surface area (Å²) in [7, 11) is 0.